The molecule has 0 atom stereocenters. The van der Waals surface area contributed by atoms with Crippen LogP contribution >= 0.6 is 0 Å². The smallest absolute Gasteiger partial charge is 0.270 e. The second kappa shape index (κ2) is 8.62. The first-order chi connectivity index (χ1) is 13.0. The third-order valence-corrected chi connectivity index (χ3v) is 4.47. The van der Waals surface area contributed by atoms with Crippen LogP contribution in [-0.2, 0) is 4.79 Å². The summed E-state index contributed by atoms with van der Waals surface area (Å²) in [5.41, 5.74) is 1.81. The molecule has 1 aromatic heterocycles. The number of carbonyl (C=O) groups is 2. The molecule has 0 bridgehead atoms. The van der Waals surface area contributed by atoms with Crippen molar-refractivity contribution in [3.8, 4) is 0 Å². The van der Waals surface area contributed by atoms with Crippen LogP contribution in [0.4, 0.5) is 17.2 Å². The Morgan fingerprint density at radius 1 is 1.04 bits per heavy atom. The van der Waals surface area contributed by atoms with Gasteiger partial charge in [-0.2, -0.15) is 0 Å². The fourth-order valence-corrected chi connectivity index (χ4v) is 3.28. The van der Waals surface area contributed by atoms with Crippen LogP contribution in [0, 0.1) is 6.92 Å². The molecule has 1 heterocycles. The molecule has 0 saturated heterocycles. The van der Waals surface area contributed by atoms with E-state index in [0.717, 1.165) is 31.4 Å². The minimum atomic E-state index is -0.164. The van der Waals surface area contributed by atoms with Crippen LogP contribution in [0.5, 0.6) is 0 Å². The zero-order chi connectivity index (χ0) is 19.2. The summed E-state index contributed by atoms with van der Waals surface area (Å²) < 4.78 is 0. The highest BCUT2D eigenvalue weighted by molar-refractivity contribution is 5.93. The van der Waals surface area contributed by atoms with Gasteiger partial charge in [0.25, 0.3) is 5.91 Å². The molecule has 1 aliphatic carbocycles. The summed E-state index contributed by atoms with van der Waals surface area (Å²) in [5.74, 6) is 0.761. The van der Waals surface area contributed by atoms with Crippen molar-refractivity contribution in [1.29, 1.82) is 0 Å². The SMILES string of the molecule is CC(=O)Nc1cccc(Nc2cc(C(=O)NC3CCCCC3)nc(C)n2)c1. The maximum Gasteiger partial charge on any atom is 0.270 e. The number of aromatic nitrogens is 2. The topological polar surface area (TPSA) is 96.0 Å². The molecule has 0 unspecified atom stereocenters. The molecule has 1 aliphatic rings. The second-order valence-corrected chi connectivity index (χ2v) is 6.88. The van der Waals surface area contributed by atoms with Crippen LogP contribution in [0.1, 0.15) is 55.3 Å². The highest BCUT2D eigenvalue weighted by Crippen LogP contribution is 2.21. The lowest BCUT2D eigenvalue weighted by Crippen LogP contribution is -2.36. The molecular formula is C20H25N5O2. The number of hydrogen-bond acceptors (Lipinski definition) is 5. The Morgan fingerprint density at radius 3 is 2.52 bits per heavy atom. The van der Waals surface area contributed by atoms with E-state index in [1.54, 1.807) is 25.1 Å². The summed E-state index contributed by atoms with van der Waals surface area (Å²) >= 11 is 0. The van der Waals surface area contributed by atoms with Gasteiger partial charge in [0.2, 0.25) is 5.91 Å². The van der Waals surface area contributed by atoms with Gasteiger partial charge in [0.15, 0.2) is 0 Å². The summed E-state index contributed by atoms with van der Waals surface area (Å²) in [6, 6.07) is 9.19. The number of nitrogens with zero attached hydrogens (tertiary/aromatic N) is 2. The van der Waals surface area contributed by atoms with E-state index in [4.69, 9.17) is 0 Å². The molecule has 7 nitrogen and oxygen atoms in total. The molecule has 0 radical (unpaired) electrons. The predicted molar refractivity (Wildman–Crippen MR) is 105 cm³/mol. The van der Waals surface area contributed by atoms with Gasteiger partial charge in [-0.1, -0.05) is 25.3 Å². The normalized spacial score (nSPS) is 14.4. The monoisotopic (exact) mass is 367 g/mol. The van der Waals surface area contributed by atoms with Crippen molar-refractivity contribution in [1.82, 2.24) is 15.3 Å². The lowest BCUT2D eigenvalue weighted by atomic mass is 9.95. The number of rotatable bonds is 5. The molecule has 1 fully saturated rings. The average Bonchev–Trinajstić information content (AvgIpc) is 2.62. The number of hydrogen-bond donors (Lipinski definition) is 3. The zero-order valence-electron chi connectivity index (χ0n) is 15.7. The Labute approximate surface area is 159 Å². The number of amides is 2. The molecule has 2 aromatic rings. The molecule has 7 heteroatoms. The number of nitrogens with one attached hydrogen (secondary N) is 3. The van der Waals surface area contributed by atoms with Crippen molar-refractivity contribution in [2.45, 2.75) is 52.0 Å². The van der Waals surface area contributed by atoms with Crippen LogP contribution < -0.4 is 16.0 Å². The molecule has 27 heavy (non-hydrogen) atoms. The molecule has 3 rings (SSSR count). The van der Waals surface area contributed by atoms with E-state index >= 15 is 0 Å². The van der Waals surface area contributed by atoms with Gasteiger partial charge in [0, 0.05) is 30.4 Å². The van der Waals surface area contributed by atoms with Gasteiger partial charge in [-0.15, -0.1) is 0 Å². The van der Waals surface area contributed by atoms with Gasteiger partial charge < -0.3 is 16.0 Å². The Morgan fingerprint density at radius 2 is 1.78 bits per heavy atom. The highest BCUT2D eigenvalue weighted by atomic mass is 16.2. The number of carbonyl (C=O) groups excluding carboxylic acids is 2. The molecule has 2 amide bonds. The summed E-state index contributed by atoms with van der Waals surface area (Å²) in [4.78, 5) is 32.4. The van der Waals surface area contributed by atoms with E-state index in [9.17, 15) is 9.59 Å². The zero-order valence-corrected chi connectivity index (χ0v) is 15.7. The van der Waals surface area contributed by atoms with Crippen molar-refractivity contribution in [3.63, 3.8) is 0 Å². The van der Waals surface area contributed by atoms with E-state index in [-0.39, 0.29) is 17.9 Å². The summed E-state index contributed by atoms with van der Waals surface area (Å²) in [5, 5.41) is 9.00. The maximum absolute atomic E-state index is 12.6. The minimum Gasteiger partial charge on any atom is -0.348 e. The van der Waals surface area contributed by atoms with E-state index in [0.29, 0.717) is 23.0 Å². The Bertz CT molecular complexity index is 831. The summed E-state index contributed by atoms with van der Waals surface area (Å²) in [6.07, 6.45) is 5.61. The minimum absolute atomic E-state index is 0.133. The lowest BCUT2D eigenvalue weighted by molar-refractivity contribution is -0.114. The van der Waals surface area contributed by atoms with Crippen LogP contribution in [0.2, 0.25) is 0 Å². The van der Waals surface area contributed by atoms with Crippen molar-refractivity contribution in [2.75, 3.05) is 10.6 Å². The van der Waals surface area contributed by atoms with Crippen LogP contribution in [-0.4, -0.2) is 27.8 Å². The summed E-state index contributed by atoms with van der Waals surface area (Å²) in [7, 11) is 0. The van der Waals surface area contributed by atoms with Crippen LogP contribution in [0.15, 0.2) is 30.3 Å². The van der Waals surface area contributed by atoms with Gasteiger partial charge >= 0.3 is 0 Å². The molecule has 142 valence electrons. The third kappa shape index (κ3) is 5.51. The average molecular weight is 367 g/mol. The van der Waals surface area contributed by atoms with Gasteiger partial charge in [-0.25, -0.2) is 9.97 Å². The lowest BCUT2D eigenvalue weighted by Gasteiger charge is -2.22. The van der Waals surface area contributed by atoms with Crippen molar-refractivity contribution in [2.24, 2.45) is 0 Å². The molecule has 1 saturated carbocycles. The fraction of sp³-hybridized carbons (Fsp3) is 0.400. The first-order valence-corrected chi connectivity index (χ1v) is 9.31. The quantitative estimate of drug-likeness (QED) is 0.751. The standard InChI is InChI=1S/C20H25N5O2/c1-13-21-18(20(27)25-15-7-4-3-5-8-15)12-19(22-13)24-17-10-6-9-16(11-17)23-14(2)26/h6,9-12,15H,3-5,7-8H2,1-2H3,(H,23,26)(H,25,27)(H,21,22,24). The first kappa shape index (κ1) is 18.8. The third-order valence-electron chi connectivity index (χ3n) is 4.47. The largest absolute Gasteiger partial charge is 0.348 e. The van der Waals surface area contributed by atoms with E-state index in [2.05, 4.69) is 25.9 Å². The maximum atomic E-state index is 12.6. The molecule has 0 aliphatic heterocycles. The van der Waals surface area contributed by atoms with Crippen LogP contribution in [0.25, 0.3) is 0 Å². The summed E-state index contributed by atoms with van der Waals surface area (Å²) in [6.45, 7) is 3.22. The molecule has 3 N–H and O–H groups in total. The molecular weight excluding hydrogens is 342 g/mol. The predicted octanol–water partition coefficient (Wildman–Crippen LogP) is 3.55. The van der Waals surface area contributed by atoms with E-state index < -0.39 is 0 Å². The molecule has 1 aromatic carbocycles. The fourth-order valence-electron chi connectivity index (χ4n) is 3.28. The Hall–Kier alpha value is -2.96. The van der Waals surface area contributed by atoms with Gasteiger partial charge in [-0.05, 0) is 38.0 Å². The highest BCUT2D eigenvalue weighted by Gasteiger charge is 2.18. The number of anilines is 3. The van der Waals surface area contributed by atoms with Crippen molar-refractivity contribution >= 4 is 29.0 Å². The Kier molecular flexibility index (Phi) is 6.01. The van der Waals surface area contributed by atoms with Gasteiger partial charge in [0.05, 0.1) is 0 Å². The van der Waals surface area contributed by atoms with E-state index in [1.807, 2.05) is 12.1 Å². The number of aryl methyl sites for hydroxylation is 1. The first-order valence-electron chi connectivity index (χ1n) is 9.31. The Balaban J connectivity index is 1.73. The molecule has 0 spiro atoms. The van der Waals surface area contributed by atoms with Crippen LogP contribution in [0.3, 0.4) is 0 Å². The van der Waals surface area contributed by atoms with Crippen molar-refractivity contribution < 1.29 is 9.59 Å². The van der Waals surface area contributed by atoms with Gasteiger partial charge in [0.1, 0.15) is 17.3 Å². The van der Waals surface area contributed by atoms with Crippen molar-refractivity contribution in [3.05, 3.63) is 41.9 Å². The van der Waals surface area contributed by atoms with Gasteiger partial charge in [-0.3, -0.25) is 9.59 Å². The van der Waals surface area contributed by atoms with E-state index in [1.165, 1.54) is 13.3 Å². The number of benzene rings is 1. The second-order valence-electron chi connectivity index (χ2n) is 6.88.